The smallest absolute Gasteiger partial charge is 0.0175 e. The van der Waals surface area contributed by atoms with Crippen LogP contribution in [0.2, 0.25) is 0 Å². The lowest BCUT2D eigenvalue weighted by atomic mass is 9.87. The highest BCUT2D eigenvalue weighted by Gasteiger charge is 2.14. The van der Waals surface area contributed by atoms with Gasteiger partial charge in [-0.2, -0.15) is 0 Å². The van der Waals surface area contributed by atoms with E-state index in [-0.39, 0.29) is 0 Å². The summed E-state index contributed by atoms with van der Waals surface area (Å²) in [5.74, 6) is 1.62. The Morgan fingerprint density at radius 2 is 1.67 bits per heavy atom. The van der Waals surface area contributed by atoms with Gasteiger partial charge in [0.15, 0.2) is 0 Å². The van der Waals surface area contributed by atoms with Gasteiger partial charge in [-0.1, -0.05) is 54.8 Å². The second kappa shape index (κ2) is 8.71. The molecule has 0 amide bonds. The van der Waals surface area contributed by atoms with Gasteiger partial charge in [-0.3, -0.25) is 0 Å². The molecular formula is C16H26BrN. The minimum atomic E-state index is 0.751. The van der Waals surface area contributed by atoms with E-state index in [1.807, 2.05) is 0 Å². The van der Waals surface area contributed by atoms with Crippen LogP contribution < -0.4 is 5.32 Å². The van der Waals surface area contributed by atoms with Crippen LogP contribution >= 0.6 is 15.9 Å². The number of hydrogen-bond donors (Lipinski definition) is 1. The van der Waals surface area contributed by atoms with Gasteiger partial charge >= 0.3 is 0 Å². The van der Waals surface area contributed by atoms with Crippen LogP contribution in [0, 0.1) is 11.8 Å². The average Bonchev–Trinajstić information content (AvgIpc) is 2.38. The van der Waals surface area contributed by atoms with Crippen molar-refractivity contribution in [3.8, 4) is 0 Å². The average molecular weight is 312 g/mol. The molecule has 0 aliphatic rings. The number of halogens is 1. The maximum atomic E-state index is 3.49. The van der Waals surface area contributed by atoms with E-state index in [1.54, 1.807) is 0 Å². The Balaban J connectivity index is 2.58. The van der Waals surface area contributed by atoms with Crippen LogP contribution in [0.25, 0.3) is 0 Å². The van der Waals surface area contributed by atoms with Crippen molar-refractivity contribution >= 4 is 15.9 Å². The van der Waals surface area contributed by atoms with E-state index in [0.29, 0.717) is 0 Å². The molecule has 0 bridgehead atoms. The summed E-state index contributed by atoms with van der Waals surface area (Å²) >= 11 is 3.49. The van der Waals surface area contributed by atoms with Crippen molar-refractivity contribution in [1.29, 1.82) is 0 Å². The molecule has 1 atom stereocenters. The quantitative estimate of drug-likeness (QED) is 0.736. The van der Waals surface area contributed by atoms with Crippen LogP contribution in [-0.2, 0) is 6.42 Å². The molecule has 1 aromatic rings. The standard InChI is InChI=1S/C16H26BrN/c1-4-13(5-2)10-15(12-18-3)11-14-6-8-16(17)9-7-14/h6-9,13,15,18H,4-5,10-12H2,1-3H3. The minimum absolute atomic E-state index is 0.751. The van der Waals surface area contributed by atoms with Gasteiger partial charge < -0.3 is 5.32 Å². The van der Waals surface area contributed by atoms with Crippen LogP contribution in [0.5, 0.6) is 0 Å². The van der Waals surface area contributed by atoms with Gasteiger partial charge in [-0.05, 0) is 56.0 Å². The van der Waals surface area contributed by atoms with Crippen molar-refractivity contribution in [1.82, 2.24) is 5.32 Å². The van der Waals surface area contributed by atoms with Crippen molar-refractivity contribution in [3.05, 3.63) is 34.3 Å². The summed E-state index contributed by atoms with van der Waals surface area (Å²) in [6.07, 6.45) is 5.13. The Kier molecular flexibility index (Phi) is 7.60. The first kappa shape index (κ1) is 15.7. The van der Waals surface area contributed by atoms with Gasteiger partial charge in [0.2, 0.25) is 0 Å². The molecule has 0 aromatic heterocycles. The molecule has 0 fully saturated rings. The lowest BCUT2D eigenvalue weighted by Gasteiger charge is -2.22. The fraction of sp³-hybridized carbons (Fsp3) is 0.625. The first-order valence-corrected chi connectivity index (χ1v) is 7.87. The fourth-order valence-corrected chi connectivity index (χ4v) is 2.84. The predicted molar refractivity (Wildman–Crippen MR) is 84.0 cm³/mol. The van der Waals surface area contributed by atoms with Gasteiger partial charge in [0.25, 0.3) is 0 Å². The number of rotatable bonds is 8. The zero-order valence-corrected chi connectivity index (χ0v) is 13.5. The zero-order valence-electron chi connectivity index (χ0n) is 11.9. The lowest BCUT2D eigenvalue weighted by molar-refractivity contribution is 0.344. The van der Waals surface area contributed by atoms with Gasteiger partial charge in [0.1, 0.15) is 0 Å². The van der Waals surface area contributed by atoms with Crippen molar-refractivity contribution in [2.45, 2.75) is 39.5 Å². The summed E-state index contributed by atoms with van der Waals surface area (Å²) in [7, 11) is 2.06. The highest BCUT2D eigenvalue weighted by Crippen LogP contribution is 2.22. The largest absolute Gasteiger partial charge is 0.319 e. The fourth-order valence-electron chi connectivity index (χ4n) is 2.57. The van der Waals surface area contributed by atoms with Gasteiger partial charge in [0, 0.05) is 4.47 Å². The Hall–Kier alpha value is -0.340. The summed E-state index contributed by atoms with van der Waals surface area (Å²) < 4.78 is 1.16. The molecule has 18 heavy (non-hydrogen) atoms. The monoisotopic (exact) mass is 311 g/mol. The maximum absolute atomic E-state index is 3.49. The van der Waals surface area contributed by atoms with E-state index in [4.69, 9.17) is 0 Å². The molecule has 1 aromatic carbocycles. The molecule has 102 valence electrons. The third-order valence-corrected chi connectivity index (χ3v) is 4.28. The topological polar surface area (TPSA) is 12.0 Å². The highest BCUT2D eigenvalue weighted by molar-refractivity contribution is 9.10. The van der Waals surface area contributed by atoms with Crippen LogP contribution in [-0.4, -0.2) is 13.6 Å². The Morgan fingerprint density at radius 3 is 2.17 bits per heavy atom. The molecule has 1 N–H and O–H groups in total. The molecule has 1 rings (SSSR count). The van der Waals surface area contributed by atoms with Crippen LogP contribution in [0.1, 0.15) is 38.7 Å². The summed E-state index contributed by atoms with van der Waals surface area (Å²) in [6, 6.07) is 8.76. The summed E-state index contributed by atoms with van der Waals surface area (Å²) in [6.45, 7) is 5.74. The lowest BCUT2D eigenvalue weighted by Crippen LogP contribution is -2.23. The van der Waals surface area contributed by atoms with E-state index < -0.39 is 0 Å². The summed E-state index contributed by atoms with van der Waals surface area (Å²) in [4.78, 5) is 0. The highest BCUT2D eigenvalue weighted by atomic mass is 79.9. The summed E-state index contributed by atoms with van der Waals surface area (Å²) in [5.41, 5.74) is 1.45. The second-order valence-electron chi connectivity index (χ2n) is 5.17. The first-order valence-electron chi connectivity index (χ1n) is 7.08. The molecule has 1 unspecified atom stereocenters. The van der Waals surface area contributed by atoms with Crippen molar-refractivity contribution in [2.24, 2.45) is 11.8 Å². The molecule has 2 heteroatoms. The second-order valence-corrected chi connectivity index (χ2v) is 6.09. The van der Waals surface area contributed by atoms with Crippen LogP contribution in [0.15, 0.2) is 28.7 Å². The molecule has 1 nitrogen and oxygen atoms in total. The van der Waals surface area contributed by atoms with E-state index in [0.717, 1.165) is 22.9 Å². The maximum Gasteiger partial charge on any atom is 0.0175 e. The van der Waals surface area contributed by atoms with Gasteiger partial charge in [0.05, 0.1) is 0 Å². The number of benzene rings is 1. The zero-order chi connectivity index (χ0) is 13.4. The molecular weight excluding hydrogens is 286 g/mol. The molecule has 0 aliphatic heterocycles. The van der Waals surface area contributed by atoms with Crippen molar-refractivity contribution < 1.29 is 0 Å². The predicted octanol–water partition coefficient (Wildman–Crippen LogP) is 4.65. The van der Waals surface area contributed by atoms with E-state index in [9.17, 15) is 0 Å². The van der Waals surface area contributed by atoms with Crippen molar-refractivity contribution in [2.75, 3.05) is 13.6 Å². The third-order valence-electron chi connectivity index (χ3n) is 3.75. The van der Waals surface area contributed by atoms with E-state index in [2.05, 4.69) is 66.4 Å². The molecule has 0 saturated heterocycles. The van der Waals surface area contributed by atoms with E-state index in [1.165, 1.54) is 31.2 Å². The Labute approximate surface area is 120 Å². The Morgan fingerprint density at radius 1 is 1.06 bits per heavy atom. The summed E-state index contributed by atoms with van der Waals surface area (Å²) in [5, 5.41) is 3.34. The molecule has 0 heterocycles. The van der Waals surface area contributed by atoms with Crippen LogP contribution in [0.4, 0.5) is 0 Å². The van der Waals surface area contributed by atoms with E-state index >= 15 is 0 Å². The molecule has 0 spiro atoms. The minimum Gasteiger partial charge on any atom is -0.319 e. The molecule has 0 aliphatic carbocycles. The van der Waals surface area contributed by atoms with Gasteiger partial charge in [-0.15, -0.1) is 0 Å². The molecule has 0 saturated carbocycles. The SMILES string of the molecule is CCC(CC)CC(CNC)Cc1ccc(Br)cc1. The van der Waals surface area contributed by atoms with Crippen molar-refractivity contribution in [3.63, 3.8) is 0 Å². The number of nitrogens with one attached hydrogen (secondary N) is 1. The Bertz CT molecular complexity index is 316. The number of hydrogen-bond acceptors (Lipinski definition) is 1. The third kappa shape index (κ3) is 5.53. The normalized spacial score (nSPS) is 12.9. The van der Waals surface area contributed by atoms with Crippen LogP contribution in [0.3, 0.4) is 0 Å². The first-order chi connectivity index (χ1) is 8.69. The van der Waals surface area contributed by atoms with Gasteiger partial charge in [-0.25, -0.2) is 0 Å². The molecule has 0 radical (unpaired) electrons.